The molecule has 2 heterocycles. The van der Waals surface area contributed by atoms with E-state index < -0.39 is 0 Å². The average Bonchev–Trinajstić information content (AvgIpc) is 3.35. The van der Waals surface area contributed by atoms with Crippen molar-refractivity contribution in [2.75, 3.05) is 19.6 Å². The van der Waals surface area contributed by atoms with Crippen molar-refractivity contribution in [3.8, 4) is 5.69 Å². The standard InChI is InChI=1S/C20H24BrN5O2/c1-4-25(5-2)17(18-10-7-11-28-18)13-22-20(27)19-14(3)26(24-23-19)16-9-6-8-15(21)12-16/h6-12,17H,4-5,13H2,1-3H3,(H,22,27). The fourth-order valence-electron chi connectivity index (χ4n) is 3.22. The predicted molar refractivity (Wildman–Crippen MR) is 110 cm³/mol. The Labute approximate surface area is 172 Å². The summed E-state index contributed by atoms with van der Waals surface area (Å²) in [6, 6.07) is 11.5. The van der Waals surface area contributed by atoms with Crippen LogP contribution in [0.3, 0.4) is 0 Å². The number of hydrogen-bond donors (Lipinski definition) is 1. The molecule has 2 aromatic heterocycles. The number of likely N-dealkylation sites (N-methyl/N-ethyl adjacent to an activating group) is 1. The number of furan rings is 1. The highest BCUT2D eigenvalue weighted by Crippen LogP contribution is 2.21. The van der Waals surface area contributed by atoms with Crippen LogP contribution >= 0.6 is 15.9 Å². The molecule has 1 N–H and O–H groups in total. The van der Waals surface area contributed by atoms with Gasteiger partial charge in [-0.05, 0) is 50.3 Å². The molecule has 1 aromatic carbocycles. The minimum Gasteiger partial charge on any atom is -0.468 e. The molecule has 7 nitrogen and oxygen atoms in total. The second-order valence-corrected chi connectivity index (χ2v) is 7.29. The van der Waals surface area contributed by atoms with Crippen molar-refractivity contribution in [3.63, 3.8) is 0 Å². The topological polar surface area (TPSA) is 76.2 Å². The van der Waals surface area contributed by atoms with Crippen molar-refractivity contribution in [2.45, 2.75) is 26.8 Å². The molecule has 3 aromatic rings. The Morgan fingerprint density at radius 3 is 2.71 bits per heavy atom. The number of hydrogen-bond acceptors (Lipinski definition) is 5. The number of rotatable bonds is 8. The first-order valence-electron chi connectivity index (χ1n) is 9.29. The van der Waals surface area contributed by atoms with Gasteiger partial charge in [-0.1, -0.05) is 41.1 Å². The Balaban J connectivity index is 1.76. The summed E-state index contributed by atoms with van der Waals surface area (Å²) in [5, 5.41) is 11.2. The SMILES string of the molecule is CCN(CC)C(CNC(=O)c1nnn(-c2cccc(Br)c2)c1C)c1ccco1. The number of benzene rings is 1. The summed E-state index contributed by atoms with van der Waals surface area (Å²) >= 11 is 3.45. The van der Waals surface area contributed by atoms with Gasteiger partial charge in [-0.15, -0.1) is 5.10 Å². The van der Waals surface area contributed by atoms with Gasteiger partial charge in [0.25, 0.3) is 5.91 Å². The smallest absolute Gasteiger partial charge is 0.273 e. The van der Waals surface area contributed by atoms with E-state index in [0.29, 0.717) is 17.9 Å². The molecule has 0 bridgehead atoms. The van der Waals surface area contributed by atoms with Crippen LogP contribution in [-0.4, -0.2) is 45.4 Å². The Bertz CT molecular complexity index is 919. The highest BCUT2D eigenvalue weighted by atomic mass is 79.9. The molecule has 0 saturated heterocycles. The lowest BCUT2D eigenvalue weighted by Gasteiger charge is -2.28. The van der Waals surface area contributed by atoms with Gasteiger partial charge in [0.1, 0.15) is 5.76 Å². The molecule has 28 heavy (non-hydrogen) atoms. The quantitative estimate of drug-likeness (QED) is 0.571. The summed E-state index contributed by atoms with van der Waals surface area (Å²) in [6.45, 7) is 8.16. The Morgan fingerprint density at radius 2 is 2.07 bits per heavy atom. The van der Waals surface area contributed by atoms with E-state index in [0.717, 1.165) is 29.0 Å². The zero-order valence-corrected chi connectivity index (χ0v) is 17.8. The first-order valence-corrected chi connectivity index (χ1v) is 10.1. The van der Waals surface area contributed by atoms with E-state index in [1.54, 1.807) is 10.9 Å². The third-order valence-electron chi connectivity index (χ3n) is 4.74. The second kappa shape index (κ2) is 9.16. The van der Waals surface area contributed by atoms with Gasteiger partial charge in [0.2, 0.25) is 0 Å². The van der Waals surface area contributed by atoms with Gasteiger partial charge in [0.05, 0.1) is 23.7 Å². The van der Waals surface area contributed by atoms with E-state index in [-0.39, 0.29) is 11.9 Å². The van der Waals surface area contributed by atoms with Crippen LogP contribution in [0.15, 0.2) is 51.6 Å². The third-order valence-corrected chi connectivity index (χ3v) is 5.24. The fourth-order valence-corrected chi connectivity index (χ4v) is 3.61. The van der Waals surface area contributed by atoms with Gasteiger partial charge in [-0.2, -0.15) is 0 Å². The molecule has 1 unspecified atom stereocenters. The van der Waals surface area contributed by atoms with Crippen molar-refractivity contribution < 1.29 is 9.21 Å². The van der Waals surface area contributed by atoms with Gasteiger partial charge in [-0.25, -0.2) is 4.68 Å². The summed E-state index contributed by atoms with van der Waals surface area (Å²) in [5.74, 6) is 0.584. The molecule has 0 aliphatic carbocycles. The molecule has 0 radical (unpaired) electrons. The normalized spacial score (nSPS) is 12.3. The Kier molecular flexibility index (Phi) is 6.64. The molecule has 0 spiro atoms. The van der Waals surface area contributed by atoms with E-state index in [4.69, 9.17) is 4.42 Å². The van der Waals surface area contributed by atoms with Crippen LogP contribution in [0, 0.1) is 6.92 Å². The summed E-state index contributed by atoms with van der Waals surface area (Å²) in [6.07, 6.45) is 1.65. The first-order chi connectivity index (χ1) is 13.5. The van der Waals surface area contributed by atoms with E-state index in [1.165, 1.54) is 0 Å². The van der Waals surface area contributed by atoms with Crippen LogP contribution in [0.5, 0.6) is 0 Å². The zero-order chi connectivity index (χ0) is 20.1. The lowest BCUT2D eigenvalue weighted by atomic mass is 10.1. The van der Waals surface area contributed by atoms with Crippen molar-refractivity contribution in [2.24, 2.45) is 0 Å². The number of carbonyl (C=O) groups is 1. The van der Waals surface area contributed by atoms with Crippen molar-refractivity contribution in [1.29, 1.82) is 0 Å². The molecule has 1 amide bonds. The van der Waals surface area contributed by atoms with Gasteiger partial charge >= 0.3 is 0 Å². The summed E-state index contributed by atoms with van der Waals surface area (Å²) in [7, 11) is 0. The molecule has 1 atom stereocenters. The lowest BCUT2D eigenvalue weighted by molar-refractivity contribution is 0.0924. The van der Waals surface area contributed by atoms with Gasteiger partial charge in [0, 0.05) is 11.0 Å². The van der Waals surface area contributed by atoms with E-state index in [1.807, 2.05) is 43.3 Å². The monoisotopic (exact) mass is 445 g/mol. The largest absolute Gasteiger partial charge is 0.468 e. The van der Waals surface area contributed by atoms with Gasteiger partial charge in [0.15, 0.2) is 5.69 Å². The van der Waals surface area contributed by atoms with Crippen LogP contribution in [0.1, 0.15) is 41.8 Å². The molecule has 0 fully saturated rings. The van der Waals surface area contributed by atoms with Crippen LogP contribution in [0.2, 0.25) is 0 Å². The van der Waals surface area contributed by atoms with Gasteiger partial charge in [-0.3, -0.25) is 9.69 Å². The van der Waals surface area contributed by atoms with E-state index in [9.17, 15) is 4.79 Å². The minimum atomic E-state index is -0.248. The van der Waals surface area contributed by atoms with E-state index in [2.05, 4.69) is 50.3 Å². The van der Waals surface area contributed by atoms with Crippen LogP contribution in [0.25, 0.3) is 5.69 Å². The number of halogens is 1. The van der Waals surface area contributed by atoms with Crippen LogP contribution < -0.4 is 5.32 Å². The Hall–Kier alpha value is -2.45. The maximum atomic E-state index is 12.8. The maximum absolute atomic E-state index is 12.8. The fraction of sp³-hybridized carbons (Fsp3) is 0.350. The number of nitrogens with zero attached hydrogens (tertiary/aromatic N) is 4. The van der Waals surface area contributed by atoms with Crippen molar-refractivity contribution in [3.05, 3.63) is 64.3 Å². The van der Waals surface area contributed by atoms with Crippen molar-refractivity contribution in [1.82, 2.24) is 25.2 Å². The number of carbonyl (C=O) groups excluding carboxylic acids is 1. The second-order valence-electron chi connectivity index (χ2n) is 6.38. The molecule has 0 aliphatic heterocycles. The molecule has 3 rings (SSSR count). The predicted octanol–water partition coefficient (Wildman–Crippen LogP) is 3.74. The van der Waals surface area contributed by atoms with Crippen LogP contribution in [-0.2, 0) is 0 Å². The Morgan fingerprint density at radius 1 is 1.29 bits per heavy atom. The number of nitrogens with one attached hydrogen (secondary N) is 1. The lowest BCUT2D eigenvalue weighted by Crippen LogP contribution is -2.38. The summed E-state index contributed by atoms with van der Waals surface area (Å²) < 4.78 is 8.18. The molecule has 8 heteroatoms. The van der Waals surface area contributed by atoms with Gasteiger partial charge < -0.3 is 9.73 Å². The molecule has 0 saturated carbocycles. The zero-order valence-electron chi connectivity index (χ0n) is 16.2. The summed E-state index contributed by atoms with van der Waals surface area (Å²) in [5.41, 5.74) is 1.85. The third kappa shape index (κ3) is 4.34. The molecule has 0 aliphatic rings. The number of amides is 1. The summed E-state index contributed by atoms with van der Waals surface area (Å²) in [4.78, 5) is 15.0. The van der Waals surface area contributed by atoms with E-state index >= 15 is 0 Å². The average molecular weight is 446 g/mol. The first kappa shape index (κ1) is 20.3. The molecule has 148 valence electrons. The van der Waals surface area contributed by atoms with Crippen LogP contribution in [0.4, 0.5) is 0 Å². The number of aromatic nitrogens is 3. The highest BCUT2D eigenvalue weighted by Gasteiger charge is 2.23. The maximum Gasteiger partial charge on any atom is 0.273 e. The minimum absolute atomic E-state index is 0.0330. The highest BCUT2D eigenvalue weighted by molar-refractivity contribution is 9.10. The molecular formula is C20H24BrN5O2. The van der Waals surface area contributed by atoms with Crippen molar-refractivity contribution >= 4 is 21.8 Å². The molecular weight excluding hydrogens is 422 g/mol.